The van der Waals surface area contributed by atoms with Gasteiger partial charge in [0, 0.05) is 48.7 Å². The van der Waals surface area contributed by atoms with Crippen LogP contribution in [0.4, 0.5) is 11.6 Å². The maximum Gasteiger partial charge on any atom is 0.226 e. The van der Waals surface area contributed by atoms with E-state index in [4.69, 9.17) is 4.98 Å². The smallest absolute Gasteiger partial charge is 0.226 e. The van der Waals surface area contributed by atoms with Crippen LogP contribution in [0.5, 0.6) is 0 Å². The Bertz CT molecular complexity index is 1650. The van der Waals surface area contributed by atoms with Crippen LogP contribution in [-0.4, -0.2) is 47.9 Å². The fourth-order valence-electron chi connectivity index (χ4n) is 4.25. The van der Waals surface area contributed by atoms with Crippen molar-refractivity contribution in [1.29, 1.82) is 0 Å². The third kappa shape index (κ3) is 4.96. The molecule has 9 nitrogen and oxygen atoms in total. The number of hydrogen-bond donors (Lipinski definition) is 3. The Morgan fingerprint density at radius 2 is 1.89 bits per heavy atom. The summed E-state index contributed by atoms with van der Waals surface area (Å²) in [5.41, 5.74) is 6.56. The number of H-pyrrole nitrogens is 1. The number of aromatic nitrogens is 6. The minimum Gasteiger partial charge on any atom is -0.392 e. The minimum atomic E-state index is -0.404. The third-order valence-corrected chi connectivity index (χ3v) is 6.12. The van der Waals surface area contributed by atoms with E-state index < -0.39 is 6.10 Å². The number of benzene rings is 2. The van der Waals surface area contributed by atoms with E-state index >= 15 is 0 Å². The molecule has 0 spiro atoms. The average Bonchev–Trinajstić information content (AvgIpc) is 3.57. The highest BCUT2D eigenvalue weighted by molar-refractivity contribution is 5.79. The highest BCUT2D eigenvalue weighted by Gasteiger charge is 2.22. The van der Waals surface area contributed by atoms with E-state index in [-0.39, 0.29) is 0 Å². The van der Waals surface area contributed by atoms with Crippen molar-refractivity contribution in [2.75, 3.05) is 16.8 Å². The molecule has 4 heterocycles. The lowest BCUT2D eigenvalue weighted by Gasteiger charge is -2.15. The van der Waals surface area contributed by atoms with Crippen molar-refractivity contribution in [3.63, 3.8) is 0 Å². The summed E-state index contributed by atoms with van der Waals surface area (Å²) < 4.78 is 0. The second kappa shape index (κ2) is 9.68. The molecule has 0 saturated heterocycles. The second-order valence-corrected chi connectivity index (χ2v) is 9.00. The Hall–Kier alpha value is -4.81. The van der Waals surface area contributed by atoms with Crippen LogP contribution in [0.25, 0.3) is 22.4 Å². The molecule has 0 fully saturated rings. The van der Waals surface area contributed by atoms with E-state index in [1.54, 1.807) is 31.6 Å². The fourth-order valence-corrected chi connectivity index (χ4v) is 4.25. The zero-order valence-corrected chi connectivity index (χ0v) is 20.2. The molecule has 37 heavy (non-hydrogen) atoms. The number of aromatic amines is 1. The van der Waals surface area contributed by atoms with Gasteiger partial charge in [0.1, 0.15) is 11.4 Å². The van der Waals surface area contributed by atoms with Crippen LogP contribution in [0.15, 0.2) is 67.1 Å². The number of aliphatic hydroxyl groups is 1. The maximum atomic E-state index is 9.54. The van der Waals surface area contributed by atoms with E-state index in [1.807, 2.05) is 30.3 Å². The number of nitrogens with one attached hydrogen (secondary N) is 2. The number of rotatable bonds is 5. The lowest BCUT2D eigenvalue weighted by Crippen LogP contribution is -2.17. The summed E-state index contributed by atoms with van der Waals surface area (Å²) >= 11 is 0. The van der Waals surface area contributed by atoms with E-state index in [0.717, 1.165) is 28.7 Å². The molecular formula is C28H24N8O. The molecule has 6 rings (SSSR count). The number of nitrogens with zero attached hydrogens (tertiary/aromatic N) is 6. The standard InChI is InChI=1S/C28H24N8O/c1-18(37)14-31-24-6-4-20-16-36(17-22(20)13-24)28-30-11-9-26(34-28)27-29-10-8-23(33-27)5-2-19-3-7-25-21(12-19)15-32-35-25/h3-4,6-13,15,18,31,37H,14,16-17H2,1H3,(H,32,35). The van der Waals surface area contributed by atoms with Crippen molar-refractivity contribution in [3.8, 4) is 23.4 Å². The lowest BCUT2D eigenvalue weighted by atomic mass is 10.1. The SMILES string of the molecule is CC(O)CNc1ccc2c(c1)CN(c1nccc(-c3nccc(C#Cc4ccc5[nH]ncc5c4)n3)n1)C2. The van der Waals surface area contributed by atoms with E-state index in [1.165, 1.54) is 11.1 Å². The van der Waals surface area contributed by atoms with Gasteiger partial charge in [0.25, 0.3) is 0 Å². The van der Waals surface area contributed by atoms with Gasteiger partial charge >= 0.3 is 0 Å². The molecule has 1 atom stereocenters. The molecule has 0 radical (unpaired) electrons. The molecule has 2 aromatic carbocycles. The van der Waals surface area contributed by atoms with Crippen molar-refractivity contribution < 1.29 is 5.11 Å². The molecule has 0 bridgehead atoms. The Labute approximate surface area is 213 Å². The summed E-state index contributed by atoms with van der Waals surface area (Å²) in [5.74, 6) is 7.42. The topological polar surface area (TPSA) is 116 Å². The number of hydrogen-bond acceptors (Lipinski definition) is 8. The molecule has 0 aliphatic carbocycles. The van der Waals surface area contributed by atoms with Crippen LogP contribution in [0, 0.1) is 11.8 Å². The monoisotopic (exact) mass is 488 g/mol. The third-order valence-electron chi connectivity index (χ3n) is 6.12. The molecule has 3 N–H and O–H groups in total. The zero-order valence-electron chi connectivity index (χ0n) is 20.2. The number of anilines is 2. The molecule has 1 unspecified atom stereocenters. The van der Waals surface area contributed by atoms with Gasteiger partial charge in [-0.3, -0.25) is 5.10 Å². The molecule has 1 aliphatic rings. The predicted octanol–water partition coefficient (Wildman–Crippen LogP) is 3.52. The van der Waals surface area contributed by atoms with E-state index in [2.05, 4.69) is 59.3 Å². The molecule has 182 valence electrons. The van der Waals surface area contributed by atoms with Gasteiger partial charge in [-0.2, -0.15) is 5.10 Å². The summed E-state index contributed by atoms with van der Waals surface area (Å²) in [4.78, 5) is 20.4. The Morgan fingerprint density at radius 1 is 1.00 bits per heavy atom. The predicted molar refractivity (Wildman–Crippen MR) is 142 cm³/mol. The summed E-state index contributed by atoms with van der Waals surface area (Å²) in [7, 11) is 0. The van der Waals surface area contributed by atoms with Gasteiger partial charge in [-0.1, -0.05) is 12.0 Å². The molecule has 0 saturated carbocycles. The van der Waals surface area contributed by atoms with Gasteiger partial charge in [-0.15, -0.1) is 0 Å². The van der Waals surface area contributed by atoms with Gasteiger partial charge < -0.3 is 15.3 Å². The summed E-state index contributed by atoms with van der Waals surface area (Å²) in [6, 6.07) is 15.8. The zero-order chi connectivity index (χ0) is 25.2. The normalized spacial score (nSPS) is 13.2. The molecule has 3 aromatic heterocycles. The van der Waals surface area contributed by atoms with Crippen LogP contribution in [-0.2, 0) is 13.1 Å². The second-order valence-electron chi connectivity index (χ2n) is 9.00. The maximum absolute atomic E-state index is 9.54. The molecule has 5 aromatic rings. The van der Waals surface area contributed by atoms with Crippen molar-refractivity contribution >= 4 is 22.5 Å². The lowest BCUT2D eigenvalue weighted by molar-refractivity contribution is 0.208. The first-order valence-corrected chi connectivity index (χ1v) is 12.0. The molecule has 9 heteroatoms. The van der Waals surface area contributed by atoms with Crippen LogP contribution in [0.1, 0.15) is 29.3 Å². The highest BCUT2D eigenvalue weighted by Crippen LogP contribution is 2.29. The number of aliphatic hydroxyl groups excluding tert-OH is 1. The Kier molecular flexibility index (Phi) is 5.92. The van der Waals surface area contributed by atoms with Crippen molar-refractivity contribution in [2.45, 2.75) is 26.1 Å². The summed E-state index contributed by atoms with van der Waals surface area (Å²) in [5, 5.41) is 20.8. The van der Waals surface area contributed by atoms with Crippen molar-refractivity contribution in [2.24, 2.45) is 0 Å². The minimum absolute atomic E-state index is 0.404. The fraction of sp³-hybridized carbons (Fsp3) is 0.179. The molecule has 0 amide bonds. The first-order chi connectivity index (χ1) is 18.1. The van der Waals surface area contributed by atoms with E-state index in [9.17, 15) is 5.11 Å². The van der Waals surface area contributed by atoms with E-state index in [0.29, 0.717) is 36.3 Å². The van der Waals surface area contributed by atoms with Gasteiger partial charge in [-0.25, -0.2) is 19.9 Å². The first kappa shape index (κ1) is 22.6. The van der Waals surface area contributed by atoms with Crippen LogP contribution < -0.4 is 10.2 Å². The van der Waals surface area contributed by atoms with Crippen LogP contribution in [0.2, 0.25) is 0 Å². The summed E-state index contributed by atoms with van der Waals surface area (Å²) in [6.45, 7) is 3.70. The van der Waals surface area contributed by atoms with Crippen LogP contribution >= 0.6 is 0 Å². The Balaban J connectivity index is 1.20. The van der Waals surface area contributed by atoms with Gasteiger partial charge in [0.15, 0.2) is 5.82 Å². The van der Waals surface area contributed by atoms with Gasteiger partial charge in [0.05, 0.1) is 17.8 Å². The first-order valence-electron chi connectivity index (χ1n) is 12.0. The Morgan fingerprint density at radius 3 is 2.81 bits per heavy atom. The van der Waals surface area contributed by atoms with Crippen molar-refractivity contribution in [1.82, 2.24) is 30.1 Å². The quantitative estimate of drug-likeness (QED) is 0.322. The van der Waals surface area contributed by atoms with Crippen molar-refractivity contribution in [3.05, 3.63) is 89.5 Å². The number of fused-ring (bicyclic) bond motifs is 2. The largest absolute Gasteiger partial charge is 0.392 e. The summed E-state index contributed by atoms with van der Waals surface area (Å²) in [6.07, 6.45) is 4.81. The average molecular weight is 489 g/mol. The van der Waals surface area contributed by atoms with Gasteiger partial charge in [-0.05, 0) is 66.4 Å². The molecular weight excluding hydrogens is 464 g/mol. The highest BCUT2D eigenvalue weighted by atomic mass is 16.3. The van der Waals surface area contributed by atoms with Gasteiger partial charge in [0.2, 0.25) is 5.95 Å². The molecule has 1 aliphatic heterocycles. The van der Waals surface area contributed by atoms with Crippen LogP contribution in [0.3, 0.4) is 0 Å².